The summed E-state index contributed by atoms with van der Waals surface area (Å²) in [4.78, 5) is 29.5. The number of aromatic amines is 1. The number of aromatic nitrogens is 5. The number of imidazole rings is 1. The molecule has 1 saturated carbocycles. The largest absolute Gasteiger partial charge is 0.446 e. The van der Waals surface area contributed by atoms with Gasteiger partial charge in [0.25, 0.3) is 0 Å². The van der Waals surface area contributed by atoms with E-state index in [-0.39, 0.29) is 36.5 Å². The first kappa shape index (κ1) is 21.3. The quantitative estimate of drug-likeness (QED) is 0.513. The molecular formula is C20H27N7O3S. The Kier molecular flexibility index (Phi) is 6.21. The standard InChI is InChI=1S/C20H27N7O3S/c1-4-11(2)21-20(29)30-15-6-5-13(7-15)16-9-17(25-24-16)23-18(28)8-14-10-27-19(22-14)31-12(3)26-27/h9-11,13,15H,4-8H2,1-3H3,(H,21,29)(H2,23,24,25,28)/t11-,13-,15+/m0/s1. The van der Waals surface area contributed by atoms with Crippen molar-refractivity contribution < 1.29 is 14.3 Å². The van der Waals surface area contributed by atoms with Crippen LogP contribution in [-0.2, 0) is 16.0 Å². The first-order chi connectivity index (χ1) is 14.9. The van der Waals surface area contributed by atoms with Crippen LogP contribution in [0, 0.1) is 6.92 Å². The van der Waals surface area contributed by atoms with E-state index in [1.54, 1.807) is 10.7 Å². The van der Waals surface area contributed by atoms with Gasteiger partial charge in [-0.1, -0.05) is 18.3 Å². The van der Waals surface area contributed by atoms with Gasteiger partial charge >= 0.3 is 6.09 Å². The minimum absolute atomic E-state index is 0.0993. The number of ether oxygens (including phenoxy) is 1. The van der Waals surface area contributed by atoms with Crippen LogP contribution in [0.15, 0.2) is 12.3 Å². The summed E-state index contributed by atoms with van der Waals surface area (Å²) in [7, 11) is 0. The number of anilines is 1. The summed E-state index contributed by atoms with van der Waals surface area (Å²) in [5, 5.41) is 18.1. The number of fused-ring (bicyclic) bond motifs is 1. The van der Waals surface area contributed by atoms with Crippen LogP contribution in [0.2, 0.25) is 0 Å². The number of amides is 2. The number of alkyl carbamates (subject to hydrolysis) is 1. The van der Waals surface area contributed by atoms with Crippen molar-refractivity contribution in [3.8, 4) is 0 Å². The van der Waals surface area contributed by atoms with Crippen LogP contribution in [0.25, 0.3) is 4.96 Å². The maximum absolute atomic E-state index is 12.4. The molecule has 3 N–H and O–H groups in total. The normalized spacial score (nSPS) is 19.5. The predicted molar refractivity (Wildman–Crippen MR) is 116 cm³/mol. The Morgan fingerprint density at radius 2 is 2.26 bits per heavy atom. The zero-order valence-electron chi connectivity index (χ0n) is 17.8. The van der Waals surface area contributed by atoms with E-state index in [0.717, 1.165) is 41.3 Å². The topological polar surface area (TPSA) is 126 Å². The molecule has 1 fully saturated rings. The highest BCUT2D eigenvalue weighted by atomic mass is 32.1. The van der Waals surface area contributed by atoms with Gasteiger partial charge in [-0.25, -0.2) is 14.3 Å². The summed E-state index contributed by atoms with van der Waals surface area (Å²) >= 11 is 1.49. The van der Waals surface area contributed by atoms with E-state index in [9.17, 15) is 9.59 Å². The number of carbonyl (C=O) groups excluding carboxylic acids is 2. The summed E-state index contributed by atoms with van der Waals surface area (Å²) in [6.45, 7) is 5.88. The summed E-state index contributed by atoms with van der Waals surface area (Å²) in [5.41, 5.74) is 1.60. The molecule has 10 nitrogen and oxygen atoms in total. The van der Waals surface area contributed by atoms with Crippen molar-refractivity contribution in [2.45, 2.75) is 70.9 Å². The van der Waals surface area contributed by atoms with Crippen LogP contribution in [0.3, 0.4) is 0 Å². The van der Waals surface area contributed by atoms with E-state index in [1.165, 1.54) is 11.3 Å². The molecule has 3 aromatic rings. The second-order valence-corrected chi connectivity index (χ2v) is 9.16. The highest BCUT2D eigenvalue weighted by molar-refractivity contribution is 7.16. The Hall–Kier alpha value is -2.95. The molecule has 4 rings (SSSR count). The summed E-state index contributed by atoms with van der Waals surface area (Å²) < 4.78 is 7.22. The fourth-order valence-corrected chi connectivity index (χ4v) is 4.45. The highest BCUT2D eigenvalue weighted by Gasteiger charge is 2.30. The molecule has 2 amide bonds. The SMILES string of the molecule is CC[C@H](C)NC(=O)O[C@@H]1CC[C@H](c2cc(NC(=O)Cc3cn4nc(C)sc4n3)n[nH]2)C1. The lowest BCUT2D eigenvalue weighted by Crippen LogP contribution is -2.34. The van der Waals surface area contributed by atoms with Crippen LogP contribution in [0.5, 0.6) is 0 Å². The van der Waals surface area contributed by atoms with Crippen molar-refractivity contribution in [2.75, 3.05) is 5.32 Å². The Labute approximate surface area is 183 Å². The van der Waals surface area contributed by atoms with E-state index < -0.39 is 0 Å². The number of rotatable bonds is 7. The van der Waals surface area contributed by atoms with Crippen LogP contribution >= 0.6 is 11.3 Å². The summed E-state index contributed by atoms with van der Waals surface area (Å²) in [5.74, 6) is 0.512. The van der Waals surface area contributed by atoms with Gasteiger partial charge in [0, 0.05) is 23.7 Å². The van der Waals surface area contributed by atoms with E-state index in [1.807, 2.05) is 26.8 Å². The molecule has 1 aliphatic carbocycles. The average Bonchev–Trinajstić information content (AvgIpc) is 3.46. The molecule has 0 aromatic carbocycles. The van der Waals surface area contributed by atoms with Gasteiger partial charge < -0.3 is 15.4 Å². The van der Waals surface area contributed by atoms with Crippen molar-refractivity contribution in [2.24, 2.45) is 0 Å². The molecule has 31 heavy (non-hydrogen) atoms. The number of carbonyl (C=O) groups is 2. The van der Waals surface area contributed by atoms with E-state index >= 15 is 0 Å². The lowest BCUT2D eigenvalue weighted by atomic mass is 10.0. The Morgan fingerprint density at radius 1 is 1.42 bits per heavy atom. The number of nitrogens with zero attached hydrogens (tertiary/aromatic N) is 4. The fraction of sp³-hybridized carbons (Fsp3) is 0.550. The molecule has 3 aromatic heterocycles. The van der Waals surface area contributed by atoms with Crippen LogP contribution in [0.4, 0.5) is 10.6 Å². The molecule has 166 valence electrons. The second-order valence-electron chi connectivity index (χ2n) is 8.00. The van der Waals surface area contributed by atoms with Gasteiger partial charge in [-0.3, -0.25) is 9.89 Å². The number of H-pyrrole nitrogens is 1. The third-order valence-electron chi connectivity index (χ3n) is 5.48. The third-order valence-corrected chi connectivity index (χ3v) is 6.31. The van der Waals surface area contributed by atoms with Crippen LogP contribution in [-0.4, -0.2) is 48.9 Å². The van der Waals surface area contributed by atoms with Gasteiger partial charge in [0.05, 0.1) is 18.3 Å². The fourth-order valence-electron chi connectivity index (χ4n) is 3.71. The summed E-state index contributed by atoms with van der Waals surface area (Å²) in [6, 6.07) is 1.95. The molecule has 3 heterocycles. The van der Waals surface area contributed by atoms with Crippen molar-refractivity contribution >= 4 is 34.1 Å². The molecule has 11 heteroatoms. The van der Waals surface area contributed by atoms with Crippen LogP contribution in [0.1, 0.15) is 61.8 Å². The van der Waals surface area contributed by atoms with E-state index in [4.69, 9.17) is 4.74 Å². The van der Waals surface area contributed by atoms with Gasteiger partial charge in [0.2, 0.25) is 10.9 Å². The number of hydrogen-bond donors (Lipinski definition) is 3. The Bertz CT molecular complexity index is 1040. The second kappa shape index (κ2) is 9.04. The zero-order chi connectivity index (χ0) is 22.0. The Morgan fingerprint density at radius 3 is 3.03 bits per heavy atom. The first-order valence-electron chi connectivity index (χ1n) is 10.5. The predicted octanol–water partition coefficient (Wildman–Crippen LogP) is 3.16. The lowest BCUT2D eigenvalue weighted by molar-refractivity contribution is -0.115. The summed E-state index contributed by atoms with van der Waals surface area (Å²) in [6.07, 6.45) is 4.76. The molecule has 0 radical (unpaired) electrons. The van der Waals surface area contributed by atoms with Crippen LogP contribution < -0.4 is 10.6 Å². The van der Waals surface area contributed by atoms with Crippen molar-refractivity contribution in [1.82, 2.24) is 30.1 Å². The maximum atomic E-state index is 12.4. The molecular weight excluding hydrogens is 418 g/mol. The molecule has 1 aliphatic rings. The smallest absolute Gasteiger partial charge is 0.407 e. The number of hydrogen-bond acceptors (Lipinski definition) is 7. The van der Waals surface area contributed by atoms with Gasteiger partial charge in [-0.2, -0.15) is 10.2 Å². The van der Waals surface area contributed by atoms with Gasteiger partial charge in [-0.05, 0) is 39.5 Å². The van der Waals surface area contributed by atoms with Gasteiger partial charge in [-0.15, -0.1) is 0 Å². The minimum Gasteiger partial charge on any atom is -0.446 e. The van der Waals surface area contributed by atoms with Crippen molar-refractivity contribution in [1.29, 1.82) is 0 Å². The molecule has 3 atom stereocenters. The third kappa shape index (κ3) is 5.22. The minimum atomic E-state index is -0.359. The van der Waals surface area contributed by atoms with E-state index in [2.05, 4.69) is 30.9 Å². The monoisotopic (exact) mass is 445 g/mol. The number of nitrogens with one attached hydrogen (secondary N) is 3. The highest BCUT2D eigenvalue weighted by Crippen LogP contribution is 2.35. The molecule has 0 saturated heterocycles. The van der Waals surface area contributed by atoms with Crippen molar-refractivity contribution in [3.63, 3.8) is 0 Å². The molecule has 0 unspecified atom stereocenters. The average molecular weight is 446 g/mol. The lowest BCUT2D eigenvalue weighted by Gasteiger charge is -2.16. The zero-order valence-corrected chi connectivity index (χ0v) is 18.7. The maximum Gasteiger partial charge on any atom is 0.407 e. The van der Waals surface area contributed by atoms with E-state index in [0.29, 0.717) is 11.5 Å². The van der Waals surface area contributed by atoms with Gasteiger partial charge in [0.1, 0.15) is 11.1 Å². The molecule has 0 bridgehead atoms. The first-order valence-corrected chi connectivity index (χ1v) is 11.3. The van der Waals surface area contributed by atoms with Crippen molar-refractivity contribution in [3.05, 3.63) is 28.7 Å². The Balaban J connectivity index is 1.27. The van der Waals surface area contributed by atoms with Gasteiger partial charge in [0.15, 0.2) is 5.82 Å². The molecule has 0 aliphatic heterocycles. The molecule has 0 spiro atoms. The number of aryl methyl sites for hydroxylation is 1.